The molecule has 0 atom stereocenters. The van der Waals surface area contributed by atoms with E-state index in [9.17, 15) is 0 Å². The molecule has 2 nitrogen and oxygen atoms in total. The molecule has 0 aliphatic heterocycles. The lowest BCUT2D eigenvalue weighted by atomic mass is 10.0. The Kier molecular flexibility index (Phi) is 5.82. The lowest BCUT2D eigenvalue weighted by molar-refractivity contribution is 0.223. The van der Waals surface area contributed by atoms with Crippen LogP contribution in [0.1, 0.15) is 19.4 Å². The summed E-state index contributed by atoms with van der Waals surface area (Å²) in [6, 6.07) is 17.5. The second-order valence-electron chi connectivity index (χ2n) is 5.14. The van der Waals surface area contributed by atoms with Crippen LogP contribution < -0.4 is 4.74 Å². The van der Waals surface area contributed by atoms with E-state index in [1.165, 1.54) is 16.7 Å². The number of rotatable bonds is 7. The smallest absolute Gasteiger partial charge is 0.119 e. The van der Waals surface area contributed by atoms with Crippen molar-refractivity contribution in [2.45, 2.75) is 20.8 Å². The van der Waals surface area contributed by atoms with Gasteiger partial charge in [0.2, 0.25) is 0 Å². The molecule has 0 aromatic heterocycles. The van der Waals surface area contributed by atoms with E-state index in [1.807, 2.05) is 24.3 Å². The first-order valence-corrected chi connectivity index (χ1v) is 7.67. The summed E-state index contributed by atoms with van der Waals surface area (Å²) >= 11 is 0. The molecule has 21 heavy (non-hydrogen) atoms. The third-order valence-corrected chi connectivity index (χ3v) is 3.82. The molecule has 0 spiro atoms. The topological polar surface area (TPSA) is 12.5 Å². The largest absolute Gasteiger partial charge is 0.492 e. The SMILES string of the molecule is CCN(CC)CCOc1ccc(-c2c[c]ccc2C)cc1. The summed E-state index contributed by atoms with van der Waals surface area (Å²) in [7, 11) is 0. The van der Waals surface area contributed by atoms with E-state index >= 15 is 0 Å². The average molecular weight is 282 g/mol. The van der Waals surface area contributed by atoms with Crippen molar-refractivity contribution in [1.82, 2.24) is 4.90 Å². The highest BCUT2D eigenvalue weighted by Gasteiger charge is 2.02. The van der Waals surface area contributed by atoms with E-state index < -0.39 is 0 Å². The van der Waals surface area contributed by atoms with Crippen LogP contribution in [0.5, 0.6) is 5.75 Å². The Hall–Kier alpha value is -1.80. The van der Waals surface area contributed by atoms with Gasteiger partial charge in [0.15, 0.2) is 0 Å². The van der Waals surface area contributed by atoms with Gasteiger partial charge in [0.1, 0.15) is 12.4 Å². The van der Waals surface area contributed by atoms with Gasteiger partial charge in [-0.25, -0.2) is 0 Å². The van der Waals surface area contributed by atoms with Gasteiger partial charge in [-0.1, -0.05) is 38.1 Å². The standard InChI is InChI=1S/C19H24NO/c1-4-20(5-2)14-15-21-18-12-10-17(11-13-18)19-9-7-6-8-16(19)3/h6,8-13H,4-5,14-15H2,1-3H3. The zero-order valence-corrected chi connectivity index (χ0v) is 13.2. The second kappa shape index (κ2) is 7.84. The lowest BCUT2D eigenvalue weighted by Gasteiger charge is -2.18. The maximum Gasteiger partial charge on any atom is 0.119 e. The van der Waals surface area contributed by atoms with Gasteiger partial charge in [0.25, 0.3) is 0 Å². The fourth-order valence-electron chi connectivity index (χ4n) is 2.38. The Balaban J connectivity index is 1.95. The van der Waals surface area contributed by atoms with Crippen LogP contribution in [0.25, 0.3) is 11.1 Å². The Morgan fingerprint density at radius 3 is 2.38 bits per heavy atom. The average Bonchev–Trinajstić information content (AvgIpc) is 2.53. The number of aryl methyl sites for hydroxylation is 1. The highest BCUT2D eigenvalue weighted by atomic mass is 16.5. The van der Waals surface area contributed by atoms with Gasteiger partial charge in [-0.2, -0.15) is 0 Å². The monoisotopic (exact) mass is 282 g/mol. The first-order chi connectivity index (χ1) is 10.2. The van der Waals surface area contributed by atoms with Crippen molar-refractivity contribution in [2.75, 3.05) is 26.2 Å². The van der Waals surface area contributed by atoms with Crippen LogP contribution in [0.2, 0.25) is 0 Å². The highest BCUT2D eigenvalue weighted by Crippen LogP contribution is 2.24. The molecule has 0 heterocycles. The van der Waals surface area contributed by atoms with Crippen molar-refractivity contribution in [2.24, 2.45) is 0 Å². The normalized spacial score (nSPS) is 10.9. The van der Waals surface area contributed by atoms with Crippen LogP contribution in [-0.2, 0) is 0 Å². The zero-order chi connectivity index (χ0) is 15.1. The van der Waals surface area contributed by atoms with Gasteiger partial charge in [-0.3, -0.25) is 0 Å². The molecule has 0 saturated carbocycles. The molecule has 0 saturated heterocycles. The van der Waals surface area contributed by atoms with Crippen molar-refractivity contribution in [3.8, 4) is 16.9 Å². The van der Waals surface area contributed by atoms with Crippen LogP contribution in [-0.4, -0.2) is 31.1 Å². The number of hydrogen-bond acceptors (Lipinski definition) is 2. The Labute approximate surface area is 128 Å². The minimum Gasteiger partial charge on any atom is -0.492 e. The van der Waals surface area contributed by atoms with E-state index in [2.05, 4.69) is 49.9 Å². The molecule has 2 rings (SSSR count). The number of ether oxygens (including phenoxy) is 1. The first kappa shape index (κ1) is 15.6. The van der Waals surface area contributed by atoms with Crippen LogP contribution in [0.4, 0.5) is 0 Å². The van der Waals surface area contributed by atoms with Crippen molar-refractivity contribution < 1.29 is 4.74 Å². The number of benzene rings is 2. The number of hydrogen-bond donors (Lipinski definition) is 0. The Morgan fingerprint density at radius 1 is 1.05 bits per heavy atom. The molecule has 2 aromatic carbocycles. The Morgan fingerprint density at radius 2 is 1.76 bits per heavy atom. The molecule has 0 bridgehead atoms. The van der Waals surface area contributed by atoms with Crippen LogP contribution in [0.3, 0.4) is 0 Å². The fourth-order valence-corrected chi connectivity index (χ4v) is 2.38. The van der Waals surface area contributed by atoms with Crippen molar-refractivity contribution in [3.63, 3.8) is 0 Å². The molecular weight excluding hydrogens is 258 g/mol. The summed E-state index contributed by atoms with van der Waals surface area (Å²) in [6.45, 7) is 10.3. The summed E-state index contributed by atoms with van der Waals surface area (Å²) in [5, 5.41) is 0. The highest BCUT2D eigenvalue weighted by molar-refractivity contribution is 5.67. The van der Waals surface area contributed by atoms with E-state index in [4.69, 9.17) is 4.74 Å². The molecule has 0 amide bonds. The minimum absolute atomic E-state index is 0.735. The quantitative estimate of drug-likeness (QED) is 0.755. The van der Waals surface area contributed by atoms with Crippen molar-refractivity contribution in [1.29, 1.82) is 0 Å². The number of nitrogens with zero attached hydrogens (tertiary/aromatic N) is 1. The predicted octanol–water partition coefficient (Wildman–Crippen LogP) is 4.18. The number of likely N-dealkylation sites (N-methyl/N-ethyl adjacent to an activating group) is 1. The molecule has 0 aliphatic rings. The molecule has 0 fully saturated rings. The first-order valence-electron chi connectivity index (χ1n) is 7.67. The third kappa shape index (κ3) is 4.33. The maximum atomic E-state index is 5.81. The van der Waals surface area contributed by atoms with Crippen LogP contribution >= 0.6 is 0 Å². The molecule has 0 N–H and O–H groups in total. The molecule has 0 unspecified atom stereocenters. The van der Waals surface area contributed by atoms with E-state index in [-0.39, 0.29) is 0 Å². The fraction of sp³-hybridized carbons (Fsp3) is 0.368. The van der Waals surface area contributed by atoms with Gasteiger partial charge >= 0.3 is 0 Å². The van der Waals surface area contributed by atoms with Crippen molar-refractivity contribution >= 4 is 0 Å². The molecule has 2 aromatic rings. The van der Waals surface area contributed by atoms with Gasteiger partial charge in [-0.05, 0) is 61.0 Å². The van der Waals surface area contributed by atoms with Gasteiger partial charge in [0, 0.05) is 6.54 Å². The third-order valence-electron chi connectivity index (χ3n) is 3.82. The lowest BCUT2D eigenvalue weighted by Crippen LogP contribution is -2.27. The molecule has 111 valence electrons. The summed E-state index contributed by atoms with van der Waals surface area (Å²) in [5.41, 5.74) is 3.71. The summed E-state index contributed by atoms with van der Waals surface area (Å²) < 4.78 is 5.81. The molecule has 1 radical (unpaired) electrons. The molecule has 2 heteroatoms. The van der Waals surface area contributed by atoms with E-state index in [1.54, 1.807) is 0 Å². The molecular formula is C19H24NO. The van der Waals surface area contributed by atoms with Crippen LogP contribution in [0.15, 0.2) is 42.5 Å². The van der Waals surface area contributed by atoms with Crippen LogP contribution in [0, 0.1) is 13.0 Å². The second-order valence-corrected chi connectivity index (χ2v) is 5.14. The summed E-state index contributed by atoms with van der Waals surface area (Å²) in [5.74, 6) is 0.934. The van der Waals surface area contributed by atoms with Gasteiger partial charge in [0.05, 0.1) is 0 Å². The van der Waals surface area contributed by atoms with Gasteiger partial charge in [-0.15, -0.1) is 0 Å². The van der Waals surface area contributed by atoms with Crippen molar-refractivity contribution in [3.05, 3.63) is 54.1 Å². The predicted molar refractivity (Wildman–Crippen MR) is 88.7 cm³/mol. The maximum absolute atomic E-state index is 5.81. The summed E-state index contributed by atoms with van der Waals surface area (Å²) in [4.78, 5) is 2.36. The Bertz CT molecular complexity index is 544. The summed E-state index contributed by atoms with van der Waals surface area (Å²) in [6.07, 6.45) is 0. The molecule has 0 aliphatic carbocycles. The minimum atomic E-state index is 0.735. The van der Waals surface area contributed by atoms with Gasteiger partial charge < -0.3 is 9.64 Å². The van der Waals surface area contributed by atoms with E-state index in [0.29, 0.717) is 0 Å². The zero-order valence-electron chi connectivity index (χ0n) is 13.2. The van der Waals surface area contributed by atoms with E-state index in [0.717, 1.165) is 32.0 Å².